The number of carbonyl (C=O) groups excluding carboxylic acids is 1. The summed E-state index contributed by atoms with van der Waals surface area (Å²) in [5, 5.41) is 11.2. The van der Waals surface area contributed by atoms with Gasteiger partial charge in [0.2, 0.25) is 0 Å². The predicted octanol–water partition coefficient (Wildman–Crippen LogP) is 5.75. The van der Waals surface area contributed by atoms with E-state index in [4.69, 9.17) is 4.42 Å². The van der Waals surface area contributed by atoms with E-state index in [0.29, 0.717) is 23.1 Å². The largest absolute Gasteiger partial charge is 0.450 e. The van der Waals surface area contributed by atoms with Crippen LogP contribution in [-0.4, -0.2) is 21.1 Å². The van der Waals surface area contributed by atoms with E-state index in [0.717, 1.165) is 33.2 Å². The molecule has 2 N–H and O–H groups in total. The minimum Gasteiger partial charge on any atom is -0.450 e. The Hall–Kier alpha value is -4.19. The second kappa shape index (κ2) is 7.57. The fraction of sp³-hybridized carbons (Fsp3) is 0.0800. The summed E-state index contributed by atoms with van der Waals surface area (Å²) in [5.41, 5.74) is 4.84. The van der Waals surface area contributed by atoms with Gasteiger partial charge in [0.25, 0.3) is 5.91 Å². The van der Waals surface area contributed by atoms with Gasteiger partial charge in [-0.25, -0.2) is 4.98 Å². The topological polar surface area (TPSA) is 83.8 Å². The molecule has 0 bridgehead atoms. The zero-order valence-electron chi connectivity index (χ0n) is 17.1. The number of carbonyl (C=O) groups is 1. The number of benzene rings is 3. The van der Waals surface area contributed by atoms with Crippen molar-refractivity contribution in [1.82, 2.24) is 15.2 Å². The minimum absolute atomic E-state index is 0.302. The molecule has 0 unspecified atom stereocenters. The summed E-state index contributed by atoms with van der Waals surface area (Å²) < 4.78 is 5.92. The molecule has 0 aliphatic carbocycles. The van der Waals surface area contributed by atoms with Crippen LogP contribution in [0.25, 0.3) is 33.7 Å². The summed E-state index contributed by atoms with van der Waals surface area (Å²) in [6, 6.07) is 23.1. The maximum Gasteiger partial charge on any atom is 0.291 e. The predicted molar refractivity (Wildman–Crippen MR) is 121 cm³/mol. The number of anilines is 1. The number of nitrogens with zero attached hydrogens (tertiary/aromatic N) is 2. The van der Waals surface area contributed by atoms with Crippen molar-refractivity contribution in [2.24, 2.45) is 0 Å². The Labute approximate surface area is 179 Å². The molecule has 6 heteroatoms. The summed E-state index contributed by atoms with van der Waals surface area (Å²) in [5.74, 6) is 1.18. The second-order valence-corrected chi connectivity index (χ2v) is 7.38. The molecular formula is C25H20N4O2. The molecule has 0 saturated heterocycles. The molecule has 1 amide bonds. The number of aromatic nitrogens is 3. The van der Waals surface area contributed by atoms with Crippen LogP contribution in [0.2, 0.25) is 0 Å². The fourth-order valence-corrected chi connectivity index (χ4v) is 3.68. The first-order valence-electron chi connectivity index (χ1n) is 9.99. The van der Waals surface area contributed by atoms with Crippen molar-refractivity contribution in [3.63, 3.8) is 0 Å². The van der Waals surface area contributed by atoms with Crippen molar-refractivity contribution in [3.8, 4) is 22.8 Å². The zero-order chi connectivity index (χ0) is 21.4. The van der Waals surface area contributed by atoms with Crippen molar-refractivity contribution in [1.29, 1.82) is 0 Å². The molecule has 0 fully saturated rings. The highest BCUT2D eigenvalue weighted by atomic mass is 16.3. The van der Waals surface area contributed by atoms with E-state index in [2.05, 4.69) is 20.5 Å². The molecule has 5 rings (SSSR count). The number of hydrogen-bond donors (Lipinski definition) is 2. The lowest BCUT2D eigenvalue weighted by Crippen LogP contribution is -2.13. The summed E-state index contributed by atoms with van der Waals surface area (Å²) in [4.78, 5) is 17.7. The molecule has 0 atom stereocenters. The van der Waals surface area contributed by atoms with Gasteiger partial charge in [0.15, 0.2) is 17.4 Å². The van der Waals surface area contributed by atoms with Gasteiger partial charge < -0.3 is 9.73 Å². The Balaban J connectivity index is 1.48. The number of aromatic amines is 1. The van der Waals surface area contributed by atoms with Crippen LogP contribution in [0.5, 0.6) is 0 Å². The average Bonchev–Trinajstić information content (AvgIpc) is 3.41. The third-order valence-electron chi connectivity index (χ3n) is 5.31. The van der Waals surface area contributed by atoms with Crippen LogP contribution in [-0.2, 0) is 0 Å². The number of para-hydroxylation sites is 2. The van der Waals surface area contributed by atoms with Crippen molar-refractivity contribution >= 4 is 22.6 Å². The third-order valence-corrected chi connectivity index (χ3v) is 5.31. The zero-order valence-corrected chi connectivity index (χ0v) is 17.1. The number of nitrogens with one attached hydrogen (secondary N) is 2. The number of furan rings is 1. The molecule has 6 nitrogen and oxygen atoms in total. The Morgan fingerprint density at radius 1 is 0.935 bits per heavy atom. The Morgan fingerprint density at radius 2 is 1.71 bits per heavy atom. The lowest BCUT2D eigenvalue weighted by atomic mass is 10.1. The highest BCUT2D eigenvalue weighted by Gasteiger charge is 2.20. The number of H-pyrrole nitrogens is 1. The van der Waals surface area contributed by atoms with E-state index >= 15 is 0 Å². The lowest BCUT2D eigenvalue weighted by Gasteiger charge is -2.08. The normalized spacial score (nSPS) is 11.0. The van der Waals surface area contributed by atoms with Gasteiger partial charge in [-0.3, -0.25) is 9.89 Å². The summed E-state index contributed by atoms with van der Waals surface area (Å²) in [6.45, 7) is 3.87. The van der Waals surface area contributed by atoms with Gasteiger partial charge in [-0.2, -0.15) is 5.10 Å². The molecular weight excluding hydrogens is 388 g/mol. The number of amides is 1. The fourth-order valence-electron chi connectivity index (χ4n) is 3.68. The standard InChI is InChI=1S/C25H20N4O2/c1-15-9-8-13-18-16(2)22(31-21(15)18)25(30)26-20-14-7-6-12-19(20)24-27-23(28-29-24)17-10-4-3-5-11-17/h3-14H,1-2H3,(H,26,30)(H,27,28,29). The summed E-state index contributed by atoms with van der Waals surface area (Å²) in [7, 11) is 0. The number of aryl methyl sites for hydroxylation is 2. The molecule has 0 spiro atoms. The van der Waals surface area contributed by atoms with E-state index < -0.39 is 0 Å². The van der Waals surface area contributed by atoms with E-state index in [1.54, 1.807) is 0 Å². The van der Waals surface area contributed by atoms with Gasteiger partial charge in [0.1, 0.15) is 5.58 Å². The van der Waals surface area contributed by atoms with E-state index in [9.17, 15) is 4.79 Å². The van der Waals surface area contributed by atoms with Crippen LogP contribution in [0.4, 0.5) is 5.69 Å². The molecule has 0 radical (unpaired) electrons. The first-order chi connectivity index (χ1) is 15.1. The summed E-state index contributed by atoms with van der Waals surface area (Å²) >= 11 is 0. The van der Waals surface area contributed by atoms with Crippen LogP contribution in [0.15, 0.2) is 77.2 Å². The van der Waals surface area contributed by atoms with E-state index in [1.165, 1.54) is 0 Å². The highest BCUT2D eigenvalue weighted by molar-refractivity contribution is 6.08. The molecule has 152 valence electrons. The number of hydrogen-bond acceptors (Lipinski definition) is 4. The van der Waals surface area contributed by atoms with Crippen molar-refractivity contribution in [2.75, 3.05) is 5.32 Å². The molecule has 31 heavy (non-hydrogen) atoms. The number of fused-ring (bicyclic) bond motifs is 1. The second-order valence-electron chi connectivity index (χ2n) is 7.38. The van der Waals surface area contributed by atoms with Crippen LogP contribution in [0.3, 0.4) is 0 Å². The lowest BCUT2D eigenvalue weighted by molar-refractivity contribution is 0.0998. The van der Waals surface area contributed by atoms with Gasteiger partial charge >= 0.3 is 0 Å². The van der Waals surface area contributed by atoms with Gasteiger partial charge in [0.05, 0.1) is 5.69 Å². The smallest absolute Gasteiger partial charge is 0.291 e. The molecule has 5 aromatic rings. The Bertz CT molecular complexity index is 1400. The van der Waals surface area contributed by atoms with Crippen LogP contribution in [0, 0.1) is 13.8 Å². The SMILES string of the molecule is Cc1c(C(=O)Nc2ccccc2-c2nc(-c3ccccc3)n[nH]2)oc2c(C)cccc12. The van der Waals surface area contributed by atoms with Gasteiger partial charge in [0, 0.05) is 22.1 Å². The van der Waals surface area contributed by atoms with Gasteiger partial charge in [-0.15, -0.1) is 0 Å². The summed E-state index contributed by atoms with van der Waals surface area (Å²) in [6.07, 6.45) is 0. The molecule has 0 saturated carbocycles. The van der Waals surface area contributed by atoms with Crippen molar-refractivity contribution in [3.05, 3.63) is 89.7 Å². The first-order valence-corrected chi connectivity index (χ1v) is 9.99. The first kappa shape index (κ1) is 18.8. The number of rotatable bonds is 4. The minimum atomic E-state index is -0.302. The Morgan fingerprint density at radius 3 is 2.52 bits per heavy atom. The third kappa shape index (κ3) is 3.38. The Kier molecular flexibility index (Phi) is 4.59. The molecule has 2 aromatic heterocycles. The molecule has 3 aromatic carbocycles. The quantitative estimate of drug-likeness (QED) is 0.396. The highest BCUT2D eigenvalue weighted by Crippen LogP contribution is 2.30. The van der Waals surface area contributed by atoms with Crippen LogP contribution in [0.1, 0.15) is 21.7 Å². The maximum absolute atomic E-state index is 13.1. The van der Waals surface area contributed by atoms with Crippen LogP contribution < -0.4 is 5.32 Å². The van der Waals surface area contributed by atoms with E-state index in [-0.39, 0.29) is 5.91 Å². The maximum atomic E-state index is 13.1. The van der Waals surface area contributed by atoms with Crippen molar-refractivity contribution < 1.29 is 9.21 Å². The average molecular weight is 408 g/mol. The van der Waals surface area contributed by atoms with Gasteiger partial charge in [-0.05, 0) is 31.5 Å². The van der Waals surface area contributed by atoms with Crippen molar-refractivity contribution in [2.45, 2.75) is 13.8 Å². The van der Waals surface area contributed by atoms with Gasteiger partial charge in [-0.1, -0.05) is 60.7 Å². The molecule has 0 aliphatic heterocycles. The van der Waals surface area contributed by atoms with Crippen LogP contribution >= 0.6 is 0 Å². The van der Waals surface area contributed by atoms with E-state index in [1.807, 2.05) is 86.6 Å². The molecule has 0 aliphatic rings. The molecule has 2 heterocycles. The monoisotopic (exact) mass is 408 g/mol.